The van der Waals surface area contributed by atoms with E-state index in [4.69, 9.17) is 9.72 Å². The summed E-state index contributed by atoms with van der Waals surface area (Å²) in [6.07, 6.45) is 0.957. The van der Waals surface area contributed by atoms with Crippen molar-refractivity contribution in [1.82, 2.24) is 9.55 Å². The molecule has 0 saturated carbocycles. The molecule has 0 aliphatic carbocycles. The van der Waals surface area contributed by atoms with Crippen molar-refractivity contribution in [1.29, 1.82) is 0 Å². The Morgan fingerprint density at radius 1 is 1.06 bits per heavy atom. The Morgan fingerprint density at radius 3 is 2.48 bits per heavy atom. The van der Waals surface area contributed by atoms with Gasteiger partial charge in [-0.05, 0) is 60.9 Å². The number of fused-ring (bicyclic) bond motifs is 3. The van der Waals surface area contributed by atoms with Crippen LogP contribution in [-0.2, 0) is 11.2 Å². The minimum Gasteiger partial charge on any atom is -0.497 e. The molecule has 0 bridgehead atoms. The summed E-state index contributed by atoms with van der Waals surface area (Å²) in [6, 6.07) is 23.5. The van der Waals surface area contributed by atoms with Gasteiger partial charge in [0, 0.05) is 11.4 Å². The maximum Gasteiger partial charge on any atom is 0.255 e. The largest absolute Gasteiger partial charge is 0.497 e. The first kappa shape index (κ1) is 20.8. The highest BCUT2D eigenvalue weighted by molar-refractivity contribution is 6.06. The van der Waals surface area contributed by atoms with E-state index in [-0.39, 0.29) is 11.9 Å². The summed E-state index contributed by atoms with van der Waals surface area (Å²) in [5.74, 6) is 1.35. The molecule has 1 aliphatic heterocycles. The molecule has 166 valence electrons. The molecule has 33 heavy (non-hydrogen) atoms. The quantitative estimate of drug-likeness (QED) is 0.430. The highest BCUT2D eigenvalue weighted by Gasteiger charge is 2.34. The summed E-state index contributed by atoms with van der Waals surface area (Å²) >= 11 is 0. The fraction of sp³-hybridized carbons (Fsp3) is 0.185. The van der Waals surface area contributed by atoms with Crippen molar-refractivity contribution in [2.45, 2.75) is 26.3 Å². The van der Waals surface area contributed by atoms with E-state index in [1.165, 1.54) is 5.56 Å². The van der Waals surface area contributed by atoms with Gasteiger partial charge in [0.25, 0.3) is 5.91 Å². The smallest absolute Gasteiger partial charge is 0.255 e. The van der Waals surface area contributed by atoms with Gasteiger partial charge in [-0.15, -0.1) is 0 Å². The summed E-state index contributed by atoms with van der Waals surface area (Å²) in [5.41, 5.74) is 6.25. The van der Waals surface area contributed by atoms with Crippen LogP contribution in [0.3, 0.4) is 0 Å². The molecule has 0 fully saturated rings. The fourth-order valence-corrected chi connectivity index (χ4v) is 4.38. The number of nitrogens with zero attached hydrogens (tertiary/aromatic N) is 2. The predicted octanol–water partition coefficient (Wildman–Crippen LogP) is 5.53. The molecule has 1 aliphatic rings. The molecule has 4 aromatic rings. The van der Waals surface area contributed by atoms with Crippen molar-refractivity contribution in [2.24, 2.45) is 0 Å². The zero-order valence-corrected chi connectivity index (χ0v) is 18.9. The molecule has 0 saturated heterocycles. The number of nitrogens with one attached hydrogen (secondary N) is 2. The van der Waals surface area contributed by atoms with Crippen LogP contribution in [0.1, 0.15) is 31.0 Å². The molecule has 0 spiro atoms. The number of amides is 1. The molecule has 6 nitrogen and oxygen atoms in total. The van der Waals surface area contributed by atoms with E-state index in [1.54, 1.807) is 7.11 Å². The van der Waals surface area contributed by atoms with E-state index in [1.807, 2.05) is 79.7 Å². The summed E-state index contributed by atoms with van der Waals surface area (Å²) < 4.78 is 7.45. The van der Waals surface area contributed by atoms with Gasteiger partial charge in [-0.2, -0.15) is 0 Å². The Bertz CT molecular complexity index is 1350. The van der Waals surface area contributed by atoms with E-state index in [0.717, 1.165) is 46.1 Å². The van der Waals surface area contributed by atoms with Crippen LogP contribution in [0, 0.1) is 0 Å². The van der Waals surface area contributed by atoms with E-state index in [0.29, 0.717) is 5.57 Å². The van der Waals surface area contributed by atoms with Crippen molar-refractivity contribution in [3.63, 3.8) is 0 Å². The highest BCUT2D eigenvalue weighted by Crippen LogP contribution is 2.39. The fourth-order valence-electron chi connectivity index (χ4n) is 4.38. The van der Waals surface area contributed by atoms with Crippen LogP contribution in [0.15, 0.2) is 84.1 Å². The lowest BCUT2D eigenvalue weighted by Gasteiger charge is -2.30. The Labute approximate surface area is 192 Å². The number of imidazole rings is 1. The van der Waals surface area contributed by atoms with E-state index >= 15 is 0 Å². The molecular weight excluding hydrogens is 412 g/mol. The zero-order valence-electron chi connectivity index (χ0n) is 18.9. The van der Waals surface area contributed by atoms with Gasteiger partial charge < -0.3 is 15.4 Å². The number of carbonyl (C=O) groups excluding carboxylic acids is 1. The number of rotatable bonds is 5. The van der Waals surface area contributed by atoms with Crippen molar-refractivity contribution < 1.29 is 9.53 Å². The predicted molar refractivity (Wildman–Crippen MR) is 132 cm³/mol. The van der Waals surface area contributed by atoms with E-state index < -0.39 is 0 Å². The lowest BCUT2D eigenvalue weighted by Crippen LogP contribution is -2.30. The zero-order chi connectivity index (χ0) is 22.9. The van der Waals surface area contributed by atoms with Crippen LogP contribution in [0.4, 0.5) is 11.6 Å². The minimum atomic E-state index is -0.338. The second-order valence-corrected chi connectivity index (χ2v) is 8.14. The number of para-hydroxylation sites is 2. The molecule has 3 aromatic carbocycles. The lowest BCUT2D eigenvalue weighted by atomic mass is 9.94. The van der Waals surface area contributed by atoms with Crippen molar-refractivity contribution >= 4 is 28.6 Å². The van der Waals surface area contributed by atoms with Gasteiger partial charge >= 0.3 is 0 Å². The molecule has 1 aromatic heterocycles. The highest BCUT2D eigenvalue weighted by atomic mass is 16.5. The van der Waals surface area contributed by atoms with Gasteiger partial charge in [-0.1, -0.05) is 43.3 Å². The summed E-state index contributed by atoms with van der Waals surface area (Å²) in [7, 11) is 1.65. The van der Waals surface area contributed by atoms with Crippen molar-refractivity contribution in [3.05, 3.63) is 95.2 Å². The molecule has 1 amide bonds. The topological polar surface area (TPSA) is 68.2 Å². The Morgan fingerprint density at radius 2 is 1.79 bits per heavy atom. The van der Waals surface area contributed by atoms with Gasteiger partial charge in [-0.3, -0.25) is 9.36 Å². The number of hydrogen-bond acceptors (Lipinski definition) is 4. The number of methoxy groups -OCH3 is 1. The number of carbonyl (C=O) groups is 1. The lowest BCUT2D eigenvalue weighted by molar-refractivity contribution is -0.113. The van der Waals surface area contributed by atoms with Crippen LogP contribution >= 0.6 is 0 Å². The van der Waals surface area contributed by atoms with Crippen LogP contribution in [0.2, 0.25) is 0 Å². The second-order valence-electron chi connectivity index (χ2n) is 8.14. The third-order valence-corrected chi connectivity index (χ3v) is 6.13. The first-order valence-electron chi connectivity index (χ1n) is 11.1. The minimum absolute atomic E-state index is 0.145. The Hall–Kier alpha value is -4.06. The maximum atomic E-state index is 13.6. The van der Waals surface area contributed by atoms with Crippen LogP contribution in [0.5, 0.6) is 5.75 Å². The number of ether oxygens (including phenoxy) is 1. The monoisotopic (exact) mass is 438 g/mol. The Balaban J connectivity index is 1.61. The number of aryl methyl sites for hydroxylation is 1. The number of benzene rings is 3. The number of aromatic nitrogens is 2. The van der Waals surface area contributed by atoms with Crippen LogP contribution in [-0.4, -0.2) is 22.6 Å². The average Bonchev–Trinajstić information content (AvgIpc) is 3.21. The van der Waals surface area contributed by atoms with E-state index in [9.17, 15) is 4.79 Å². The van der Waals surface area contributed by atoms with Gasteiger partial charge in [0.2, 0.25) is 5.95 Å². The molecule has 0 unspecified atom stereocenters. The standard InChI is InChI=1S/C27H26N4O2/c1-4-18-9-13-20(14-10-18)29-26(32)24-17(2)28-27-30-22-7-5-6-8-23(22)31(27)25(24)19-11-15-21(33-3)16-12-19/h5-16,25H,4H2,1-3H3,(H,28,30)(H,29,32)/t25-/m0/s1. The second kappa shape index (κ2) is 8.47. The SMILES string of the molecule is CCc1ccc(NC(=O)C2=C(C)Nc3nc4ccccc4n3[C@H]2c2ccc(OC)cc2)cc1. The van der Waals surface area contributed by atoms with Gasteiger partial charge in [0.05, 0.1) is 29.8 Å². The van der Waals surface area contributed by atoms with Crippen molar-refractivity contribution in [3.8, 4) is 5.75 Å². The van der Waals surface area contributed by atoms with Crippen LogP contribution < -0.4 is 15.4 Å². The summed E-state index contributed by atoms with van der Waals surface area (Å²) in [6.45, 7) is 4.04. The maximum absolute atomic E-state index is 13.6. The molecular formula is C27H26N4O2. The third-order valence-electron chi connectivity index (χ3n) is 6.13. The number of allylic oxidation sites excluding steroid dienone is 1. The van der Waals surface area contributed by atoms with Crippen molar-refractivity contribution in [2.75, 3.05) is 17.7 Å². The molecule has 2 heterocycles. The first-order chi connectivity index (χ1) is 16.1. The van der Waals surface area contributed by atoms with E-state index in [2.05, 4.69) is 22.1 Å². The Kier molecular flexibility index (Phi) is 5.34. The summed E-state index contributed by atoms with van der Waals surface area (Å²) in [4.78, 5) is 18.4. The molecule has 2 N–H and O–H groups in total. The first-order valence-corrected chi connectivity index (χ1v) is 11.1. The molecule has 6 heteroatoms. The molecule has 1 atom stereocenters. The molecule has 5 rings (SSSR count). The van der Waals surface area contributed by atoms with Gasteiger partial charge in [-0.25, -0.2) is 4.98 Å². The van der Waals surface area contributed by atoms with Gasteiger partial charge in [0.15, 0.2) is 0 Å². The van der Waals surface area contributed by atoms with Crippen LogP contribution in [0.25, 0.3) is 11.0 Å². The number of hydrogen-bond donors (Lipinski definition) is 2. The normalized spacial score (nSPS) is 15.2. The number of anilines is 2. The average molecular weight is 439 g/mol. The third kappa shape index (κ3) is 3.74. The summed E-state index contributed by atoms with van der Waals surface area (Å²) in [5, 5.41) is 6.44. The molecule has 0 radical (unpaired) electrons. The van der Waals surface area contributed by atoms with Gasteiger partial charge in [0.1, 0.15) is 5.75 Å².